The summed E-state index contributed by atoms with van der Waals surface area (Å²) in [6.07, 6.45) is 0.958. The SMILES string of the molecule is CCNCc1cc(Br)cc(C)c1OCCc1ccsc1. The number of hydrogen-bond donors (Lipinski definition) is 1. The number of rotatable bonds is 7. The second kappa shape index (κ2) is 7.81. The van der Waals surface area contributed by atoms with Gasteiger partial charge in [0.05, 0.1) is 6.61 Å². The quantitative estimate of drug-likeness (QED) is 0.788. The number of halogens is 1. The van der Waals surface area contributed by atoms with E-state index >= 15 is 0 Å². The van der Waals surface area contributed by atoms with Gasteiger partial charge in [-0.1, -0.05) is 22.9 Å². The molecule has 0 saturated heterocycles. The lowest BCUT2D eigenvalue weighted by Gasteiger charge is -2.15. The highest BCUT2D eigenvalue weighted by Gasteiger charge is 2.09. The molecular formula is C16H20BrNOS. The fourth-order valence-electron chi connectivity index (χ4n) is 2.10. The Hall–Kier alpha value is -0.840. The minimum atomic E-state index is 0.721. The Labute approximate surface area is 133 Å². The summed E-state index contributed by atoms with van der Waals surface area (Å²) >= 11 is 5.29. The van der Waals surface area contributed by atoms with Crippen LogP contribution < -0.4 is 10.1 Å². The van der Waals surface area contributed by atoms with Gasteiger partial charge in [-0.15, -0.1) is 0 Å². The van der Waals surface area contributed by atoms with Crippen molar-refractivity contribution in [3.05, 3.63) is 50.1 Å². The maximum atomic E-state index is 6.04. The fourth-order valence-corrected chi connectivity index (χ4v) is 3.43. The van der Waals surface area contributed by atoms with Gasteiger partial charge in [0.25, 0.3) is 0 Å². The van der Waals surface area contributed by atoms with Crippen LogP contribution in [-0.2, 0) is 13.0 Å². The highest BCUT2D eigenvalue weighted by atomic mass is 79.9. The van der Waals surface area contributed by atoms with Crippen molar-refractivity contribution < 1.29 is 4.74 Å². The smallest absolute Gasteiger partial charge is 0.126 e. The molecule has 2 aromatic rings. The monoisotopic (exact) mass is 353 g/mol. The van der Waals surface area contributed by atoms with Crippen LogP contribution in [0.4, 0.5) is 0 Å². The first-order chi connectivity index (χ1) is 9.70. The third-order valence-corrected chi connectivity index (χ3v) is 4.29. The summed E-state index contributed by atoms with van der Waals surface area (Å²) in [5.41, 5.74) is 3.74. The van der Waals surface area contributed by atoms with E-state index in [9.17, 15) is 0 Å². The van der Waals surface area contributed by atoms with Crippen LogP contribution in [0.3, 0.4) is 0 Å². The molecule has 20 heavy (non-hydrogen) atoms. The molecule has 0 unspecified atom stereocenters. The lowest BCUT2D eigenvalue weighted by molar-refractivity contribution is 0.315. The molecule has 1 aromatic carbocycles. The van der Waals surface area contributed by atoms with Crippen LogP contribution in [0.2, 0.25) is 0 Å². The van der Waals surface area contributed by atoms with Gasteiger partial charge in [0.2, 0.25) is 0 Å². The second-order valence-corrected chi connectivity index (χ2v) is 6.42. The van der Waals surface area contributed by atoms with Gasteiger partial charge < -0.3 is 10.1 Å². The molecule has 0 fully saturated rings. The van der Waals surface area contributed by atoms with E-state index in [1.807, 2.05) is 0 Å². The van der Waals surface area contributed by atoms with Crippen LogP contribution in [0.15, 0.2) is 33.4 Å². The summed E-state index contributed by atoms with van der Waals surface area (Å²) < 4.78 is 7.14. The Morgan fingerprint density at radius 2 is 2.20 bits per heavy atom. The van der Waals surface area contributed by atoms with Gasteiger partial charge in [0.15, 0.2) is 0 Å². The number of benzene rings is 1. The molecule has 4 heteroatoms. The molecule has 0 bridgehead atoms. The predicted molar refractivity (Wildman–Crippen MR) is 89.8 cm³/mol. The summed E-state index contributed by atoms with van der Waals surface area (Å²) in [5.74, 6) is 1.02. The number of hydrogen-bond acceptors (Lipinski definition) is 3. The van der Waals surface area contributed by atoms with E-state index in [2.05, 4.69) is 64.1 Å². The molecule has 2 nitrogen and oxygen atoms in total. The van der Waals surface area contributed by atoms with Gasteiger partial charge >= 0.3 is 0 Å². The fraction of sp³-hybridized carbons (Fsp3) is 0.375. The maximum absolute atomic E-state index is 6.04. The molecule has 0 aliphatic rings. The average Bonchev–Trinajstić information content (AvgIpc) is 2.92. The zero-order valence-electron chi connectivity index (χ0n) is 11.9. The molecule has 1 aromatic heterocycles. The Morgan fingerprint density at radius 3 is 2.90 bits per heavy atom. The van der Waals surface area contributed by atoms with Crippen LogP contribution >= 0.6 is 27.3 Å². The zero-order valence-corrected chi connectivity index (χ0v) is 14.3. The second-order valence-electron chi connectivity index (χ2n) is 4.72. The Balaban J connectivity index is 2.04. The molecular weight excluding hydrogens is 334 g/mol. The molecule has 0 amide bonds. The van der Waals surface area contributed by atoms with Crippen molar-refractivity contribution in [3.63, 3.8) is 0 Å². The minimum absolute atomic E-state index is 0.721. The summed E-state index contributed by atoms with van der Waals surface area (Å²) in [5, 5.41) is 7.65. The average molecular weight is 354 g/mol. The zero-order chi connectivity index (χ0) is 14.4. The van der Waals surface area contributed by atoms with E-state index < -0.39 is 0 Å². The highest BCUT2D eigenvalue weighted by Crippen LogP contribution is 2.28. The van der Waals surface area contributed by atoms with E-state index in [1.165, 1.54) is 16.7 Å². The predicted octanol–water partition coefficient (Wildman–Crippen LogP) is 4.55. The van der Waals surface area contributed by atoms with Gasteiger partial charge in [0, 0.05) is 23.0 Å². The number of thiophene rings is 1. The minimum Gasteiger partial charge on any atom is -0.493 e. The number of aryl methyl sites for hydroxylation is 1. The first kappa shape index (κ1) is 15.5. The Kier molecular flexibility index (Phi) is 6.07. The maximum Gasteiger partial charge on any atom is 0.126 e. The molecule has 0 saturated carbocycles. The normalized spacial score (nSPS) is 10.8. The van der Waals surface area contributed by atoms with Crippen molar-refractivity contribution in [2.75, 3.05) is 13.2 Å². The topological polar surface area (TPSA) is 21.3 Å². The molecule has 0 spiro atoms. The van der Waals surface area contributed by atoms with E-state index in [0.717, 1.165) is 36.3 Å². The number of ether oxygens (including phenoxy) is 1. The molecule has 0 atom stereocenters. The lowest BCUT2D eigenvalue weighted by atomic mass is 10.1. The van der Waals surface area contributed by atoms with Gasteiger partial charge in [-0.05, 0) is 53.6 Å². The van der Waals surface area contributed by atoms with Crippen LogP contribution in [0.5, 0.6) is 5.75 Å². The van der Waals surface area contributed by atoms with Gasteiger partial charge in [-0.2, -0.15) is 11.3 Å². The van der Waals surface area contributed by atoms with Crippen molar-refractivity contribution >= 4 is 27.3 Å². The van der Waals surface area contributed by atoms with Crippen LogP contribution in [0.25, 0.3) is 0 Å². The standard InChI is InChI=1S/C16H20BrNOS/c1-3-18-10-14-9-15(17)8-12(2)16(14)19-6-4-13-5-7-20-11-13/h5,7-9,11,18H,3-4,6,10H2,1-2H3. The highest BCUT2D eigenvalue weighted by molar-refractivity contribution is 9.10. The largest absolute Gasteiger partial charge is 0.493 e. The Morgan fingerprint density at radius 1 is 1.35 bits per heavy atom. The number of nitrogens with one attached hydrogen (secondary N) is 1. The molecule has 2 rings (SSSR count). The van der Waals surface area contributed by atoms with E-state index in [1.54, 1.807) is 11.3 Å². The van der Waals surface area contributed by atoms with Gasteiger partial charge in [0.1, 0.15) is 5.75 Å². The van der Waals surface area contributed by atoms with Crippen LogP contribution in [0.1, 0.15) is 23.6 Å². The molecule has 1 N–H and O–H groups in total. The van der Waals surface area contributed by atoms with Crippen molar-refractivity contribution in [2.24, 2.45) is 0 Å². The lowest BCUT2D eigenvalue weighted by Crippen LogP contribution is -2.14. The molecule has 0 aliphatic carbocycles. The van der Waals surface area contributed by atoms with Crippen LogP contribution in [0, 0.1) is 6.92 Å². The molecule has 1 heterocycles. The van der Waals surface area contributed by atoms with Crippen molar-refractivity contribution in [1.29, 1.82) is 0 Å². The first-order valence-electron chi connectivity index (χ1n) is 6.84. The van der Waals surface area contributed by atoms with Gasteiger partial charge in [-0.3, -0.25) is 0 Å². The van der Waals surface area contributed by atoms with E-state index in [4.69, 9.17) is 4.74 Å². The Bertz CT molecular complexity index is 540. The molecule has 108 valence electrons. The summed E-state index contributed by atoms with van der Waals surface area (Å²) in [4.78, 5) is 0. The van der Waals surface area contributed by atoms with E-state index in [-0.39, 0.29) is 0 Å². The summed E-state index contributed by atoms with van der Waals surface area (Å²) in [6.45, 7) is 6.73. The third kappa shape index (κ3) is 4.33. The van der Waals surface area contributed by atoms with Crippen molar-refractivity contribution in [1.82, 2.24) is 5.32 Å². The summed E-state index contributed by atoms with van der Waals surface area (Å²) in [6, 6.07) is 6.40. The first-order valence-corrected chi connectivity index (χ1v) is 8.58. The van der Waals surface area contributed by atoms with Crippen molar-refractivity contribution in [2.45, 2.75) is 26.8 Å². The van der Waals surface area contributed by atoms with Gasteiger partial charge in [-0.25, -0.2) is 0 Å². The summed E-state index contributed by atoms with van der Waals surface area (Å²) in [7, 11) is 0. The third-order valence-electron chi connectivity index (χ3n) is 3.10. The molecule has 0 aliphatic heterocycles. The van der Waals surface area contributed by atoms with Crippen molar-refractivity contribution in [3.8, 4) is 5.75 Å². The van der Waals surface area contributed by atoms with Crippen LogP contribution in [-0.4, -0.2) is 13.2 Å². The molecule has 0 radical (unpaired) electrons. The van der Waals surface area contributed by atoms with E-state index in [0.29, 0.717) is 0 Å².